The van der Waals surface area contributed by atoms with E-state index in [1.807, 2.05) is 30.3 Å². The van der Waals surface area contributed by atoms with Crippen LogP contribution in [0.25, 0.3) is 0 Å². The first-order valence-electron chi connectivity index (χ1n) is 5.47. The Labute approximate surface area is 110 Å². The Morgan fingerprint density at radius 3 is 2.17 bits per heavy atom. The summed E-state index contributed by atoms with van der Waals surface area (Å²) in [5.41, 5.74) is -1.35. The summed E-state index contributed by atoms with van der Waals surface area (Å²) in [6, 6.07) is 9.41. The molecule has 0 saturated carbocycles. The first-order chi connectivity index (χ1) is 8.65. The van der Waals surface area contributed by atoms with Crippen LogP contribution in [0.3, 0.4) is 0 Å². The van der Waals surface area contributed by atoms with E-state index in [4.69, 9.17) is 15.3 Å². The average molecular weight is 271 g/mol. The summed E-state index contributed by atoms with van der Waals surface area (Å²) in [6.07, 6.45) is 0. The monoisotopic (exact) mass is 271 g/mol. The van der Waals surface area contributed by atoms with Crippen LogP contribution in [0.5, 0.6) is 0 Å². The maximum absolute atomic E-state index is 11.6. The molecule has 0 atom stereocenters. The van der Waals surface area contributed by atoms with E-state index >= 15 is 0 Å². The maximum atomic E-state index is 11.6. The van der Waals surface area contributed by atoms with E-state index in [0.717, 1.165) is 4.90 Å². The number of nitrogens with one attached hydrogen (secondary N) is 1. The van der Waals surface area contributed by atoms with Crippen LogP contribution in [0.15, 0.2) is 35.2 Å². The molecule has 0 heterocycles. The van der Waals surface area contributed by atoms with Crippen LogP contribution in [0.4, 0.5) is 0 Å². The minimum atomic E-state index is -1.35. The van der Waals surface area contributed by atoms with Crippen LogP contribution < -0.4 is 5.32 Å². The Hall–Kier alpha value is -1.08. The van der Waals surface area contributed by atoms with Gasteiger partial charge in [-0.1, -0.05) is 18.2 Å². The van der Waals surface area contributed by atoms with Crippen molar-refractivity contribution in [2.75, 3.05) is 25.6 Å². The van der Waals surface area contributed by atoms with Gasteiger partial charge < -0.3 is 20.6 Å². The molecule has 1 aromatic rings. The van der Waals surface area contributed by atoms with Gasteiger partial charge >= 0.3 is 0 Å². The zero-order chi connectivity index (χ0) is 13.4. The lowest BCUT2D eigenvalue weighted by molar-refractivity contribution is -0.122. The van der Waals surface area contributed by atoms with Crippen molar-refractivity contribution in [1.82, 2.24) is 5.32 Å². The van der Waals surface area contributed by atoms with Gasteiger partial charge in [-0.05, 0) is 12.1 Å². The molecule has 0 radical (unpaired) electrons. The molecule has 4 N–H and O–H groups in total. The number of amides is 1. The third kappa shape index (κ3) is 4.30. The number of carbonyl (C=O) groups excluding carboxylic acids is 1. The third-order valence-electron chi connectivity index (χ3n) is 2.43. The second-order valence-corrected chi connectivity index (χ2v) is 4.95. The molecule has 0 fully saturated rings. The van der Waals surface area contributed by atoms with E-state index in [1.165, 1.54) is 11.8 Å². The van der Waals surface area contributed by atoms with Crippen molar-refractivity contribution in [2.24, 2.45) is 0 Å². The lowest BCUT2D eigenvalue weighted by atomic mass is 10.0. The van der Waals surface area contributed by atoms with Gasteiger partial charge in [-0.25, -0.2) is 0 Å². The molecule has 1 amide bonds. The van der Waals surface area contributed by atoms with E-state index in [0.29, 0.717) is 0 Å². The van der Waals surface area contributed by atoms with Crippen molar-refractivity contribution in [1.29, 1.82) is 0 Å². The SMILES string of the molecule is O=C(CSc1ccccc1)NC(CO)(CO)CO. The average Bonchev–Trinajstić information content (AvgIpc) is 2.44. The number of carbonyl (C=O) groups is 1. The largest absolute Gasteiger partial charge is 0.394 e. The molecule has 18 heavy (non-hydrogen) atoms. The zero-order valence-electron chi connectivity index (χ0n) is 9.87. The number of aliphatic hydroxyl groups excluding tert-OH is 3. The number of thioether (sulfide) groups is 1. The van der Waals surface area contributed by atoms with Crippen molar-refractivity contribution in [3.05, 3.63) is 30.3 Å². The van der Waals surface area contributed by atoms with Gasteiger partial charge in [0, 0.05) is 4.90 Å². The fourth-order valence-electron chi connectivity index (χ4n) is 1.27. The highest BCUT2D eigenvalue weighted by Gasteiger charge is 2.29. The third-order valence-corrected chi connectivity index (χ3v) is 3.44. The van der Waals surface area contributed by atoms with Crippen molar-refractivity contribution >= 4 is 17.7 Å². The number of benzene rings is 1. The second-order valence-electron chi connectivity index (χ2n) is 3.90. The minimum absolute atomic E-state index is 0.158. The lowest BCUT2D eigenvalue weighted by Crippen LogP contribution is -2.57. The molecular weight excluding hydrogens is 254 g/mol. The van der Waals surface area contributed by atoms with Crippen molar-refractivity contribution in [2.45, 2.75) is 10.4 Å². The zero-order valence-corrected chi connectivity index (χ0v) is 10.7. The molecule has 1 rings (SSSR count). The fraction of sp³-hybridized carbons (Fsp3) is 0.417. The molecule has 5 nitrogen and oxygen atoms in total. The molecular formula is C12H17NO4S. The Morgan fingerprint density at radius 1 is 1.11 bits per heavy atom. The predicted octanol–water partition coefficient (Wildman–Crippen LogP) is -0.389. The second kappa shape index (κ2) is 7.38. The van der Waals surface area contributed by atoms with Crippen molar-refractivity contribution < 1.29 is 20.1 Å². The van der Waals surface area contributed by atoms with Gasteiger partial charge in [-0.15, -0.1) is 11.8 Å². The van der Waals surface area contributed by atoms with Gasteiger partial charge in [0.2, 0.25) is 5.91 Å². The molecule has 6 heteroatoms. The van der Waals surface area contributed by atoms with Crippen LogP contribution in [-0.4, -0.2) is 52.3 Å². The topological polar surface area (TPSA) is 89.8 Å². The van der Waals surface area contributed by atoms with E-state index in [-0.39, 0.29) is 11.7 Å². The summed E-state index contributed by atoms with van der Waals surface area (Å²) in [6.45, 7) is -1.54. The summed E-state index contributed by atoms with van der Waals surface area (Å²) in [5.74, 6) is -0.188. The van der Waals surface area contributed by atoms with Gasteiger partial charge in [-0.2, -0.15) is 0 Å². The molecule has 1 aromatic carbocycles. The smallest absolute Gasteiger partial charge is 0.231 e. The van der Waals surface area contributed by atoms with E-state index in [1.54, 1.807) is 0 Å². The first kappa shape index (κ1) is 15.0. The first-order valence-corrected chi connectivity index (χ1v) is 6.46. The molecule has 0 saturated heterocycles. The van der Waals surface area contributed by atoms with Crippen LogP contribution in [0.2, 0.25) is 0 Å². The standard InChI is InChI=1S/C12H17NO4S/c14-7-12(8-15,9-16)13-11(17)6-18-10-4-2-1-3-5-10/h1-5,14-16H,6-9H2,(H,13,17). The van der Waals surface area contributed by atoms with Gasteiger partial charge in [0.05, 0.1) is 25.6 Å². The molecule has 0 aliphatic rings. The summed E-state index contributed by atoms with van der Waals surface area (Å²) < 4.78 is 0. The minimum Gasteiger partial charge on any atom is -0.394 e. The highest BCUT2D eigenvalue weighted by molar-refractivity contribution is 8.00. The maximum Gasteiger partial charge on any atom is 0.231 e. The summed E-state index contributed by atoms with van der Waals surface area (Å²) >= 11 is 1.34. The fourth-order valence-corrected chi connectivity index (χ4v) is 1.99. The quantitative estimate of drug-likeness (QED) is 0.507. The molecule has 0 unspecified atom stereocenters. The van der Waals surface area contributed by atoms with Crippen molar-refractivity contribution in [3.63, 3.8) is 0 Å². The number of aliphatic hydroxyl groups is 3. The summed E-state index contributed by atoms with van der Waals surface area (Å²) in [7, 11) is 0. The molecule has 0 bridgehead atoms. The van der Waals surface area contributed by atoms with Crippen LogP contribution in [-0.2, 0) is 4.79 Å². The Kier molecular flexibility index (Phi) is 6.14. The number of hydrogen-bond donors (Lipinski definition) is 4. The molecule has 100 valence electrons. The highest BCUT2D eigenvalue weighted by Crippen LogP contribution is 2.16. The normalized spacial score (nSPS) is 11.3. The Morgan fingerprint density at radius 2 is 1.67 bits per heavy atom. The lowest BCUT2D eigenvalue weighted by Gasteiger charge is -2.28. The predicted molar refractivity (Wildman–Crippen MR) is 69.3 cm³/mol. The molecule has 0 aromatic heterocycles. The van der Waals surface area contributed by atoms with E-state index < -0.39 is 25.4 Å². The van der Waals surface area contributed by atoms with Gasteiger partial charge in [0.25, 0.3) is 0 Å². The van der Waals surface area contributed by atoms with E-state index in [2.05, 4.69) is 5.32 Å². The van der Waals surface area contributed by atoms with Gasteiger partial charge in [-0.3, -0.25) is 4.79 Å². The van der Waals surface area contributed by atoms with Crippen LogP contribution >= 0.6 is 11.8 Å². The molecule has 0 spiro atoms. The van der Waals surface area contributed by atoms with Gasteiger partial charge in [0.15, 0.2) is 0 Å². The molecule has 0 aliphatic heterocycles. The summed E-state index contributed by atoms with van der Waals surface area (Å²) in [5, 5.41) is 29.6. The summed E-state index contributed by atoms with van der Waals surface area (Å²) in [4.78, 5) is 12.6. The van der Waals surface area contributed by atoms with E-state index in [9.17, 15) is 4.79 Å². The Bertz CT molecular complexity index is 359. The van der Waals surface area contributed by atoms with Crippen molar-refractivity contribution in [3.8, 4) is 0 Å². The highest BCUT2D eigenvalue weighted by atomic mass is 32.2. The Balaban J connectivity index is 2.46. The molecule has 0 aliphatic carbocycles. The van der Waals surface area contributed by atoms with Crippen LogP contribution in [0, 0.1) is 0 Å². The number of rotatable bonds is 7. The van der Waals surface area contributed by atoms with Gasteiger partial charge in [0.1, 0.15) is 5.54 Å². The van der Waals surface area contributed by atoms with Crippen LogP contribution in [0.1, 0.15) is 0 Å². The number of hydrogen-bond acceptors (Lipinski definition) is 5.